The molecule has 122 valence electrons. The van der Waals surface area contributed by atoms with Gasteiger partial charge in [-0.25, -0.2) is 0 Å². The van der Waals surface area contributed by atoms with Crippen LogP contribution in [0.25, 0.3) is 10.8 Å². The minimum Gasteiger partial charge on any atom is -0.325 e. The standard InChI is InChI=1S/C18H18N4OS/c1-3-10-22-12-19-21-18(22)24-13(2)17(23)20-16-9-8-14-6-4-5-7-15(14)11-16/h3-9,11-13H,1,10H2,2H3,(H,20,23)/t13-/m1/s1. The molecule has 3 aromatic rings. The van der Waals surface area contributed by atoms with Gasteiger partial charge in [-0.3, -0.25) is 4.79 Å². The number of carbonyl (C=O) groups is 1. The molecule has 0 fully saturated rings. The van der Waals surface area contributed by atoms with Gasteiger partial charge in [0.2, 0.25) is 5.91 Å². The van der Waals surface area contributed by atoms with Crippen LogP contribution in [0.15, 0.2) is 66.6 Å². The van der Waals surface area contributed by atoms with Crippen molar-refractivity contribution >= 4 is 34.1 Å². The van der Waals surface area contributed by atoms with E-state index in [-0.39, 0.29) is 11.2 Å². The molecule has 0 bridgehead atoms. The largest absolute Gasteiger partial charge is 0.325 e. The van der Waals surface area contributed by atoms with Crippen LogP contribution in [-0.4, -0.2) is 25.9 Å². The zero-order valence-corrected chi connectivity index (χ0v) is 14.2. The van der Waals surface area contributed by atoms with Crippen LogP contribution >= 0.6 is 11.8 Å². The molecule has 0 aliphatic carbocycles. The van der Waals surface area contributed by atoms with Gasteiger partial charge >= 0.3 is 0 Å². The average molecular weight is 338 g/mol. The van der Waals surface area contributed by atoms with Crippen LogP contribution in [-0.2, 0) is 11.3 Å². The minimum atomic E-state index is -0.288. The van der Waals surface area contributed by atoms with E-state index in [0.29, 0.717) is 11.7 Å². The SMILES string of the molecule is C=CCn1cnnc1S[C@H](C)C(=O)Nc1ccc2ccccc2c1. The number of hydrogen-bond acceptors (Lipinski definition) is 4. The Morgan fingerprint density at radius 2 is 2.12 bits per heavy atom. The first-order chi connectivity index (χ1) is 11.7. The van der Waals surface area contributed by atoms with Crippen LogP contribution in [0, 0.1) is 0 Å². The van der Waals surface area contributed by atoms with Gasteiger partial charge in [0.1, 0.15) is 6.33 Å². The number of benzene rings is 2. The molecule has 0 unspecified atom stereocenters. The van der Waals surface area contributed by atoms with E-state index in [9.17, 15) is 4.79 Å². The van der Waals surface area contributed by atoms with E-state index in [1.807, 2.05) is 54.0 Å². The van der Waals surface area contributed by atoms with Crippen LogP contribution in [0.3, 0.4) is 0 Å². The van der Waals surface area contributed by atoms with E-state index < -0.39 is 0 Å². The molecule has 0 aliphatic rings. The second kappa shape index (κ2) is 7.31. The fraction of sp³-hybridized carbons (Fsp3) is 0.167. The summed E-state index contributed by atoms with van der Waals surface area (Å²) in [7, 11) is 0. The molecule has 6 heteroatoms. The summed E-state index contributed by atoms with van der Waals surface area (Å²) in [4.78, 5) is 12.4. The third-order valence-corrected chi connectivity index (χ3v) is 4.67. The Morgan fingerprint density at radius 1 is 1.33 bits per heavy atom. The fourth-order valence-corrected chi connectivity index (χ4v) is 3.16. The molecule has 5 nitrogen and oxygen atoms in total. The third-order valence-electron chi connectivity index (χ3n) is 3.57. The zero-order chi connectivity index (χ0) is 16.9. The van der Waals surface area contributed by atoms with Gasteiger partial charge in [0, 0.05) is 12.2 Å². The van der Waals surface area contributed by atoms with Crippen LogP contribution in [0.5, 0.6) is 0 Å². The van der Waals surface area contributed by atoms with Crippen LogP contribution < -0.4 is 5.32 Å². The molecule has 0 saturated carbocycles. The van der Waals surface area contributed by atoms with Crippen LogP contribution in [0.1, 0.15) is 6.92 Å². The Hall–Kier alpha value is -2.60. The first-order valence-corrected chi connectivity index (χ1v) is 8.50. The Labute approximate surface area is 144 Å². The summed E-state index contributed by atoms with van der Waals surface area (Å²) in [5.74, 6) is -0.0663. The second-order valence-electron chi connectivity index (χ2n) is 5.37. The van der Waals surface area contributed by atoms with Crippen molar-refractivity contribution in [2.45, 2.75) is 23.9 Å². The fourth-order valence-electron chi connectivity index (χ4n) is 2.32. The highest BCUT2D eigenvalue weighted by atomic mass is 32.2. The van der Waals surface area contributed by atoms with Gasteiger partial charge in [-0.15, -0.1) is 16.8 Å². The van der Waals surface area contributed by atoms with E-state index in [4.69, 9.17) is 0 Å². The lowest BCUT2D eigenvalue weighted by Gasteiger charge is -2.12. The Balaban J connectivity index is 1.68. The predicted molar refractivity (Wildman–Crippen MR) is 98.1 cm³/mol. The summed E-state index contributed by atoms with van der Waals surface area (Å²) in [5, 5.41) is 13.6. The minimum absolute atomic E-state index is 0.0663. The molecule has 2 aromatic carbocycles. The number of nitrogens with one attached hydrogen (secondary N) is 1. The number of nitrogens with zero attached hydrogens (tertiary/aromatic N) is 3. The Kier molecular flexibility index (Phi) is 4.96. The lowest BCUT2D eigenvalue weighted by molar-refractivity contribution is -0.115. The monoisotopic (exact) mass is 338 g/mol. The van der Waals surface area contributed by atoms with Gasteiger partial charge in [-0.1, -0.05) is 48.2 Å². The molecule has 1 heterocycles. The van der Waals surface area contributed by atoms with Crippen molar-refractivity contribution in [3.05, 3.63) is 61.4 Å². The number of fused-ring (bicyclic) bond motifs is 1. The summed E-state index contributed by atoms with van der Waals surface area (Å²) in [5.41, 5.74) is 0.790. The molecule has 0 radical (unpaired) electrons. The summed E-state index contributed by atoms with van der Waals surface area (Å²) >= 11 is 1.38. The maximum absolute atomic E-state index is 12.4. The molecule has 1 atom stereocenters. The van der Waals surface area contributed by atoms with E-state index in [2.05, 4.69) is 22.1 Å². The summed E-state index contributed by atoms with van der Waals surface area (Å²) in [6.45, 7) is 6.18. The molecule has 0 saturated heterocycles. The molecular formula is C18H18N4OS. The van der Waals surface area contributed by atoms with Gasteiger partial charge in [0.15, 0.2) is 5.16 Å². The van der Waals surface area contributed by atoms with E-state index >= 15 is 0 Å². The number of hydrogen-bond donors (Lipinski definition) is 1. The zero-order valence-electron chi connectivity index (χ0n) is 13.3. The predicted octanol–water partition coefficient (Wildman–Crippen LogP) is 3.74. The van der Waals surface area contributed by atoms with Gasteiger partial charge < -0.3 is 9.88 Å². The second-order valence-corrected chi connectivity index (χ2v) is 6.67. The molecule has 1 N–H and O–H groups in total. The highest BCUT2D eigenvalue weighted by Crippen LogP contribution is 2.23. The number of rotatable bonds is 6. The van der Waals surface area contributed by atoms with Crippen molar-refractivity contribution in [3.8, 4) is 0 Å². The number of carbonyl (C=O) groups excluding carboxylic acids is 1. The number of thioether (sulfide) groups is 1. The summed E-state index contributed by atoms with van der Waals surface area (Å²) in [6, 6.07) is 14.0. The van der Waals surface area contributed by atoms with Gasteiger partial charge in [0.05, 0.1) is 5.25 Å². The molecular weight excluding hydrogens is 320 g/mol. The summed E-state index contributed by atoms with van der Waals surface area (Å²) in [6.07, 6.45) is 3.41. The average Bonchev–Trinajstić information content (AvgIpc) is 3.02. The van der Waals surface area contributed by atoms with Crippen molar-refractivity contribution in [3.63, 3.8) is 0 Å². The lowest BCUT2D eigenvalue weighted by Crippen LogP contribution is -2.22. The Bertz CT molecular complexity index is 874. The normalized spacial score (nSPS) is 12.0. The number of amides is 1. The van der Waals surface area contributed by atoms with Crippen molar-refractivity contribution in [1.29, 1.82) is 0 Å². The third kappa shape index (κ3) is 3.65. The number of anilines is 1. The molecule has 1 aromatic heterocycles. The summed E-state index contributed by atoms with van der Waals surface area (Å²) < 4.78 is 1.86. The highest BCUT2D eigenvalue weighted by Gasteiger charge is 2.17. The maximum Gasteiger partial charge on any atom is 0.237 e. The van der Waals surface area contributed by atoms with E-state index in [1.54, 1.807) is 12.4 Å². The van der Waals surface area contributed by atoms with Crippen molar-refractivity contribution in [1.82, 2.24) is 14.8 Å². The first kappa shape index (κ1) is 16.3. The number of allylic oxidation sites excluding steroid dienone is 1. The molecule has 0 aliphatic heterocycles. The van der Waals surface area contributed by atoms with Gasteiger partial charge in [0.25, 0.3) is 0 Å². The van der Waals surface area contributed by atoms with E-state index in [1.165, 1.54) is 11.8 Å². The van der Waals surface area contributed by atoms with Crippen molar-refractivity contribution < 1.29 is 4.79 Å². The number of aromatic nitrogens is 3. The molecule has 0 spiro atoms. The smallest absolute Gasteiger partial charge is 0.237 e. The molecule has 3 rings (SSSR count). The van der Waals surface area contributed by atoms with Gasteiger partial charge in [-0.2, -0.15) is 0 Å². The molecule has 1 amide bonds. The first-order valence-electron chi connectivity index (χ1n) is 7.62. The van der Waals surface area contributed by atoms with Crippen LogP contribution in [0.2, 0.25) is 0 Å². The lowest BCUT2D eigenvalue weighted by atomic mass is 10.1. The van der Waals surface area contributed by atoms with Crippen LogP contribution in [0.4, 0.5) is 5.69 Å². The Morgan fingerprint density at radius 3 is 2.92 bits per heavy atom. The molecule has 24 heavy (non-hydrogen) atoms. The van der Waals surface area contributed by atoms with E-state index in [0.717, 1.165) is 16.5 Å². The maximum atomic E-state index is 12.4. The van der Waals surface area contributed by atoms with Crippen molar-refractivity contribution in [2.75, 3.05) is 5.32 Å². The highest BCUT2D eigenvalue weighted by molar-refractivity contribution is 8.00. The van der Waals surface area contributed by atoms with Gasteiger partial charge in [-0.05, 0) is 29.8 Å². The van der Waals surface area contributed by atoms with Crippen molar-refractivity contribution in [2.24, 2.45) is 0 Å². The topological polar surface area (TPSA) is 59.8 Å². The quantitative estimate of drug-likeness (QED) is 0.549.